The number of hydrogen-bond acceptors (Lipinski definition) is 3. The van der Waals surface area contributed by atoms with Crippen LogP contribution < -0.4 is 4.90 Å². The van der Waals surface area contributed by atoms with Gasteiger partial charge >= 0.3 is 0 Å². The number of nitrogens with zero attached hydrogens (tertiary/aromatic N) is 2. The highest BCUT2D eigenvalue weighted by molar-refractivity contribution is 5.57. The minimum atomic E-state index is 0.201. The average molecular weight is 248 g/mol. The van der Waals surface area contributed by atoms with Gasteiger partial charge in [0.15, 0.2) is 0 Å². The fourth-order valence-corrected chi connectivity index (χ4v) is 2.68. The second kappa shape index (κ2) is 5.29. The van der Waals surface area contributed by atoms with E-state index < -0.39 is 0 Å². The molecule has 0 bridgehead atoms. The van der Waals surface area contributed by atoms with Gasteiger partial charge in [0.1, 0.15) is 0 Å². The average Bonchev–Trinajstić information content (AvgIpc) is 2.36. The predicted octanol–water partition coefficient (Wildman–Crippen LogP) is 1.80. The third kappa shape index (κ3) is 2.38. The van der Waals surface area contributed by atoms with Crippen LogP contribution >= 0.6 is 0 Å². The Balaban J connectivity index is 2.32. The van der Waals surface area contributed by atoms with Gasteiger partial charge in [-0.1, -0.05) is 12.1 Å². The molecular formula is C15H24N2O. The smallest absolute Gasteiger partial charge is 0.0648 e. The summed E-state index contributed by atoms with van der Waals surface area (Å²) in [5, 5.41) is 9.62. The van der Waals surface area contributed by atoms with Crippen molar-refractivity contribution in [1.82, 2.24) is 4.90 Å². The van der Waals surface area contributed by atoms with Gasteiger partial charge in [0, 0.05) is 24.8 Å². The van der Waals surface area contributed by atoms with Crippen molar-refractivity contribution in [3.8, 4) is 0 Å². The number of hydrogen-bond donors (Lipinski definition) is 1. The molecule has 2 rings (SSSR count). The molecule has 0 saturated carbocycles. The number of piperazine rings is 1. The molecule has 0 spiro atoms. The van der Waals surface area contributed by atoms with E-state index in [-0.39, 0.29) is 12.6 Å². The molecular weight excluding hydrogens is 224 g/mol. The fraction of sp³-hybridized carbons (Fsp3) is 0.600. The molecule has 1 fully saturated rings. The molecule has 2 unspecified atom stereocenters. The molecule has 1 aromatic carbocycles. The summed E-state index contributed by atoms with van der Waals surface area (Å²) in [7, 11) is 2.13. The van der Waals surface area contributed by atoms with Crippen LogP contribution in [0.4, 0.5) is 5.69 Å². The van der Waals surface area contributed by atoms with E-state index in [1.54, 1.807) is 0 Å². The first-order chi connectivity index (χ1) is 8.54. The summed E-state index contributed by atoms with van der Waals surface area (Å²) in [4.78, 5) is 4.69. The van der Waals surface area contributed by atoms with Crippen molar-refractivity contribution in [2.24, 2.45) is 0 Å². The number of benzene rings is 1. The maximum absolute atomic E-state index is 9.62. The van der Waals surface area contributed by atoms with Crippen LogP contribution in [0.1, 0.15) is 18.1 Å². The topological polar surface area (TPSA) is 26.7 Å². The Hall–Kier alpha value is -1.06. The van der Waals surface area contributed by atoms with Gasteiger partial charge in [-0.05, 0) is 45.0 Å². The van der Waals surface area contributed by atoms with E-state index in [2.05, 4.69) is 55.8 Å². The van der Waals surface area contributed by atoms with Gasteiger partial charge < -0.3 is 10.0 Å². The molecule has 1 N–H and O–H groups in total. The highest BCUT2D eigenvalue weighted by Crippen LogP contribution is 2.27. The summed E-state index contributed by atoms with van der Waals surface area (Å²) in [6.45, 7) is 8.67. The number of likely N-dealkylation sites (N-methyl/N-ethyl adjacent to an activating group) is 1. The van der Waals surface area contributed by atoms with Crippen LogP contribution in [0, 0.1) is 13.8 Å². The van der Waals surface area contributed by atoms with E-state index in [1.807, 2.05) is 0 Å². The molecule has 1 heterocycles. The lowest BCUT2D eigenvalue weighted by molar-refractivity contribution is 0.155. The van der Waals surface area contributed by atoms with Crippen molar-refractivity contribution in [2.45, 2.75) is 32.9 Å². The summed E-state index contributed by atoms with van der Waals surface area (Å²) in [6.07, 6.45) is 0. The van der Waals surface area contributed by atoms with Crippen LogP contribution in [0.3, 0.4) is 0 Å². The van der Waals surface area contributed by atoms with E-state index in [4.69, 9.17) is 0 Å². The highest BCUT2D eigenvalue weighted by Gasteiger charge is 2.29. The number of aliphatic hydroxyl groups is 1. The Morgan fingerprint density at radius 2 is 2.00 bits per heavy atom. The Kier molecular flexibility index (Phi) is 3.93. The highest BCUT2D eigenvalue weighted by atomic mass is 16.3. The fourth-order valence-electron chi connectivity index (χ4n) is 2.68. The number of rotatable bonds is 2. The van der Waals surface area contributed by atoms with Crippen LogP contribution in [0.25, 0.3) is 0 Å². The summed E-state index contributed by atoms with van der Waals surface area (Å²) in [5.41, 5.74) is 3.91. The Morgan fingerprint density at radius 3 is 2.67 bits per heavy atom. The third-order valence-electron chi connectivity index (χ3n) is 4.25. The van der Waals surface area contributed by atoms with E-state index in [0.717, 1.165) is 13.1 Å². The Labute approximate surface area is 110 Å². The largest absolute Gasteiger partial charge is 0.394 e. The lowest BCUT2D eigenvalue weighted by atomic mass is 10.0. The van der Waals surface area contributed by atoms with Gasteiger partial charge in [0.2, 0.25) is 0 Å². The third-order valence-corrected chi connectivity index (χ3v) is 4.25. The standard InChI is InChI=1S/C15H24N2O/c1-11-6-5-7-15(13(11)3)17-8-12(2)16(4)9-14(17)10-18/h5-7,12,14,18H,8-10H2,1-4H3. The molecule has 1 saturated heterocycles. The van der Waals surface area contributed by atoms with Crippen molar-refractivity contribution in [2.75, 3.05) is 31.6 Å². The number of aliphatic hydroxyl groups excluding tert-OH is 1. The summed E-state index contributed by atoms with van der Waals surface area (Å²) >= 11 is 0. The maximum Gasteiger partial charge on any atom is 0.0648 e. The number of aryl methyl sites for hydroxylation is 1. The van der Waals surface area contributed by atoms with Crippen LogP contribution in [0.15, 0.2) is 18.2 Å². The minimum Gasteiger partial charge on any atom is -0.394 e. The van der Waals surface area contributed by atoms with Gasteiger partial charge in [-0.2, -0.15) is 0 Å². The lowest BCUT2D eigenvalue weighted by Crippen LogP contribution is -2.57. The van der Waals surface area contributed by atoms with E-state index in [1.165, 1.54) is 16.8 Å². The Bertz CT molecular complexity index is 419. The molecule has 2 atom stereocenters. The normalized spacial score (nSPS) is 25.5. The first-order valence-corrected chi connectivity index (χ1v) is 6.68. The van der Waals surface area contributed by atoms with E-state index >= 15 is 0 Å². The summed E-state index contributed by atoms with van der Waals surface area (Å²) in [6, 6.07) is 7.14. The maximum atomic E-state index is 9.62. The molecule has 18 heavy (non-hydrogen) atoms. The van der Waals surface area contributed by atoms with Crippen LogP contribution in [0.5, 0.6) is 0 Å². The minimum absolute atomic E-state index is 0.201. The summed E-state index contributed by atoms with van der Waals surface area (Å²) in [5.74, 6) is 0. The van der Waals surface area contributed by atoms with Crippen molar-refractivity contribution in [1.29, 1.82) is 0 Å². The molecule has 3 heteroatoms. The molecule has 1 aliphatic heterocycles. The zero-order chi connectivity index (χ0) is 13.3. The van der Waals surface area contributed by atoms with Gasteiger partial charge in [0.25, 0.3) is 0 Å². The van der Waals surface area contributed by atoms with Crippen molar-refractivity contribution in [3.05, 3.63) is 29.3 Å². The van der Waals surface area contributed by atoms with Gasteiger partial charge in [-0.3, -0.25) is 4.90 Å². The van der Waals surface area contributed by atoms with E-state index in [9.17, 15) is 5.11 Å². The van der Waals surface area contributed by atoms with Crippen molar-refractivity contribution in [3.63, 3.8) is 0 Å². The molecule has 0 aliphatic carbocycles. The molecule has 0 aromatic heterocycles. The number of anilines is 1. The molecule has 0 radical (unpaired) electrons. The Morgan fingerprint density at radius 1 is 1.28 bits per heavy atom. The first kappa shape index (κ1) is 13.4. The quantitative estimate of drug-likeness (QED) is 0.864. The van der Waals surface area contributed by atoms with Gasteiger partial charge in [-0.25, -0.2) is 0 Å². The van der Waals surface area contributed by atoms with Crippen LogP contribution in [-0.2, 0) is 0 Å². The monoisotopic (exact) mass is 248 g/mol. The van der Waals surface area contributed by atoms with Gasteiger partial charge in [-0.15, -0.1) is 0 Å². The second-order valence-electron chi connectivity index (χ2n) is 5.50. The molecule has 1 aliphatic rings. The molecule has 100 valence electrons. The van der Waals surface area contributed by atoms with Crippen molar-refractivity contribution < 1.29 is 5.11 Å². The van der Waals surface area contributed by atoms with Crippen LogP contribution in [-0.4, -0.2) is 48.8 Å². The molecule has 1 aromatic rings. The van der Waals surface area contributed by atoms with Gasteiger partial charge in [0.05, 0.1) is 12.6 Å². The van der Waals surface area contributed by atoms with E-state index in [0.29, 0.717) is 6.04 Å². The summed E-state index contributed by atoms with van der Waals surface area (Å²) < 4.78 is 0. The molecule has 0 amide bonds. The second-order valence-corrected chi connectivity index (χ2v) is 5.50. The van der Waals surface area contributed by atoms with Crippen molar-refractivity contribution >= 4 is 5.69 Å². The zero-order valence-corrected chi connectivity index (χ0v) is 11.8. The first-order valence-electron chi connectivity index (χ1n) is 6.68. The predicted molar refractivity (Wildman–Crippen MR) is 76.2 cm³/mol. The van der Waals surface area contributed by atoms with Crippen LogP contribution in [0.2, 0.25) is 0 Å². The zero-order valence-electron chi connectivity index (χ0n) is 11.8. The lowest BCUT2D eigenvalue weighted by Gasteiger charge is -2.45. The SMILES string of the molecule is Cc1cccc(N2CC(C)N(C)CC2CO)c1C. The molecule has 3 nitrogen and oxygen atoms in total.